The Hall–Kier alpha value is -1.62. The Morgan fingerprint density at radius 1 is 1.45 bits per heavy atom. The lowest BCUT2D eigenvalue weighted by Gasteiger charge is -2.22. The van der Waals surface area contributed by atoms with Crippen LogP contribution in [0, 0.1) is 5.82 Å². The van der Waals surface area contributed by atoms with Gasteiger partial charge in [0.1, 0.15) is 5.82 Å². The summed E-state index contributed by atoms with van der Waals surface area (Å²) >= 11 is 0. The number of nitrogens with one attached hydrogen (secondary N) is 2. The van der Waals surface area contributed by atoms with Gasteiger partial charge in [0.15, 0.2) is 0 Å². The average molecular weight is 279 g/mol. The van der Waals surface area contributed by atoms with Gasteiger partial charge in [-0.25, -0.2) is 4.39 Å². The standard InChI is InChI=1S/C15H22FN3O/c1-3-17-9-12-13(16)5-4-6-14(12)19(2)10-15(20)18-11-7-8-11/h4-6,11,17H,3,7-10H2,1-2H3,(H,18,20). The van der Waals surface area contributed by atoms with E-state index in [4.69, 9.17) is 0 Å². The Bertz CT molecular complexity index is 474. The molecule has 1 fully saturated rings. The van der Waals surface area contributed by atoms with E-state index in [1.807, 2.05) is 20.0 Å². The number of carbonyl (C=O) groups is 1. The molecular weight excluding hydrogens is 257 g/mol. The van der Waals surface area contributed by atoms with Crippen LogP contribution in [0.25, 0.3) is 0 Å². The van der Waals surface area contributed by atoms with E-state index >= 15 is 0 Å². The summed E-state index contributed by atoms with van der Waals surface area (Å²) in [7, 11) is 1.82. The predicted molar refractivity (Wildman–Crippen MR) is 78.2 cm³/mol. The van der Waals surface area contributed by atoms with Crippen molar-refractivity contribution in [3.63, 3.8) is 0 Å². The average Bonchev–Trinajstić information content (AvgIpc) is 3.20. The number of anilines is 1. The van der Waals surface area contributed by atoms with Crippen LogP contribution in [0.1, 0.15) is 25.3 Å². The SMILES string of the molecule is CCNCc1c(F)cccc1N(C)CC(=O)NC1CC1. The van der Waals surface area contributed by atoms with Gasteiger partial charge in [0.2, 0.25) is 5.91 Å². The van der Waals surface area contributed by atoms with Gasteiger partial charge in [-0.1, -0.05) is 13.0 Å². The van der Waals surface area contributed by atoms with Crippen LogP contribution in [0.3, 0.4) is 0 Å². The normalized spacial score (nSPS) is 14.2. The Balaban J connectivity index is 2.04. The Kier molecular flexibility index (Phi) is 4.95. The van der Waals surface area contributed by atoms with Crippen LogP contribution in [0.4, 0.5) is 10.1 Å². The van der Waals surface area contributed by atoms with Gasteiger partial charge in [-0.05, 0) is 31.5 Å². The lowest BCUT2D eigenvalue weighted by Crippen LogP contribution is -2.36. The molecule has 2 N–H and O–H groups in total. The zero-order chi connectivity index (χ0) is 14.5. The first-order valence-corrected chi connectivity index (χ1v) is 7.10. The van der Waals surface area contributed by atoms with Crippen LogP contribution in [0.2, 0.25) is 0 Å². The van der Waals surface area contributed by atoms with Crippen LogP contribution >= 0.6 is 0 Å². The second-order valence-electron chi connectivity index (χ2n) is 5.22. The van der Waals surface area contributed by atoms with Gasteiger partial charge in [-0.3, -0.25) is 4.79 Å². The monoisotopic (exact) mass is 279 g/mol. The van der Waals surface area contributed by atoms with Crippen LogP contribution in [-0.2, 0) is 11.3 Å². The molecule has 1 aromatic rings. The first-order valence-electron chi connectivity index (χ1n) is 7.10. The smallest absolute Gasteiger partial charge is 0.239 e. The van der Waals surface area contributed by atoms with E-state index in [0.29, 0.717) is 18.2 Å². The highest BCUT2D eigenvalue weighted by molar-refractivity contribution is 5.82. The fourth-order valence-corrected chi connectivity index (χ4v) is 2.13. The maximum absolute atomic E-state index is 13.9. The van der Waals surface area contributed by atoms with E-state index in [1.54, 1.807) is 11.0 Å². The van der Waals surface area contributed by atoms with Crippen LogP contribution in [0.5, 0.6) is 0 Å². The second-order valence-corrected chi connectivity index (χ2v) is 5.22. The Morgan fingerprint density at radius 2 is 2.20 bits per heavy atom. The molecule has 1 aromatic carbocycles. The minimum absolute atomic E-state index is 0.00587. The Morgan fingerprint density at radius 3 is 2.85 bits per heavy atom. The lowest BCUT2D eigenvalue weighted by molar-refractivity contribution is -0.119. The van der Waals surface area contributed by atoms with Gasteiger partial charge < -0.3 is 15.5 Å². The molecule has 20 heavy (non-hydrogen) atoms. The number of rotatable bonds is 7. The molecule has 0 heterocycles. The molecule has 5 heteroatoms. The highest BCUT2D eigenvalue weighted by Crippen LogP contribution is 2.23. The molecule has 1 amide bonds. The van der Waals surface area contributed by atoms with Gasteiger partial charge >= 0.3 is 0 Å². The summed E-state index contributed by atoms with van der Waals surface area (Å²) in [6, 6.07) is 5.33. The van der Waals surface area contributed by atoms with Gasteiger partial charge in [0.25, 0.3) is 0 Å². The molecule has 1 saturated carbocycles. The van der Waals surface area contributed by atoms with E-state index in [-0.39, 0.29) is 18.3 Å². The molecule has 0 bridgehead atoms. The van der Waals surface area contributed by atoms with Crippen LogP contribution < -0.4 is 15.5 Å². The third-order valence-corrected chi connectivity index (χ3v) is 3.38. The summed E-state index contributed by atoms with van der Waals surface area (Å²) in [5.74, 6) is -0.244. The van der Waals surface area contributed by atoms with Crippen molar-refractivity contribution in [3.8, 4) is 0 Å². The molecule has 0 aliphatic heterocycles. The molecule has 0 saturated heterocycles. The van der Waals surface area contributed by atoms with Crippen LogP contribution in [0.15, 0.2) is 18.2 Å². The minimum Gasteiger partial charge on any atom is -0.365 e. The lowest BCUT2D eigenvalue weighted by atomic mass is 10.1. The van der Waals surface area contributed by atoms with Crippen LogP contribution in [-0.4, -0.2) is 32.1 Å². The molecule has 0 spiro atoms. The Labute approximate surface area is 119 Å². The first-order chi connectivity index (χ1) is 9.61. The summed E-state index contributed by atoms with van der Waals surface area (Å²) < 4.78 is 13.9. The third-order valence-electron chi connectivity index (χ3n) is 3.38. The van der Waals surface area contributed by atoms with Gasteiger partial charge in [-0.2, -0.15) is 0 Å². The van der Waals surface area contributed by atoms with Crippen molar-refractivity contribution < 1.29 is 9.18 Å². The summed E-state index contributed by atoms with van der Waals surface area (Å²) in [4.78, 5) is 13.6. The maximum Gasteiger partial charge on any atom is 0.239 e. The zero-order valence-electron chi connectivity index (χ0n) is 12.1. The number of hydrogen-bond acceptors (Lipinski definition) is 3. The number of likely N-dealkylation sites (N-methyl/N-ethyl adjacent to an activating group) is 1. The summed E-state index contributed by atoms with van der Waals surface area (Å²) in [6.07, 6.45) is 2.14. The largest absolute Gasteiger partial charge is 0.365 e. The highest BCUT2D eigenvalue weighted by Gasteiger charge is 2.24. The van der Waals surface area contributed by atoms with E-state index in [9.17, 15) is 9.18 Å². The third kappa shape index (κ3) is 3.93. The van der Waals surface area contributed by atoms with Crippen molar-refractivity contribution in [1.82, 2.24) is 10.6 Å². The second kappa shape index (κ2) is 6.70. The first kappa shape index (κ1) is 14.8. The molecule has 110 valence electrons. The van der Waals surface area contributed by atoms with Crippen molar-refractivity contribution in [2.24, 2.45) is 0 Å². The quantitative estimate of drug-likeness (QED) is 0.797. The summed E-state index contributed by atoms with van der Waals surface area (Å²) in [5, 5.41) is 6.07. The van der Waals surface area contributed by atoms with Crippen molar-refractivity contribution >= 4 is 11.6 Å². The molecule has 0 atom stereocenters. The molecule has 2 rings (SSSR count). The van der Waals surface area contributed by atoms with E-state index < -0.39 is 0 Å². The number of benzene rings is 1. The number of amides is 1. The fourth-order valence-electron chi connectivity index (χ4n) is 2.13. The zero-order valence-corrected chi connectivity index (χ0v) is 12.1. The molecule has 0 radical (unpaired) electrons. The number of carbonyl (C=O) groups excluding carboxylic acids is 1. The summed E-state index contributed by atoms with van der Waals surface area (Å²) in [6.45, 7) is 3.47. The molecule has 1 aliphatic carbocycles. The molecule has 1 aliphatic rings. The fraction of sp³-hybridized carbons (Fsp3) is 0.533. The van der Waals surface area contributed by atoms with Crippen molar-refractivity contribution in [1.29, 1.82) is 0 Å². The topological polar surface area (TPSA) is 44.4 Å². The van der Waals surface area contributed by atoms with E-state index in [0.717, 1.165) is 25.1 Å². The van der Waals surface area contributed by atoms with Crippen molar-refractivity contribution in [2.75, 3.05) is 25.0 Å². The maximum atomic E-state index is 13.9. The minimum atomic E-state index is -0.238. The molecule has 0 aromatic heterocycles. The number of halogens is 1. The molecule has 0 unspecified atom stereocenters. The van der Waals surface area contributed by atoms with Crippen molar-refractivity contribution in [3.05, 3.63) is 29.6 Å². The molecule has 4 nitrogen and oxygen atoms in total. The predicted octanol–water partition coefficient (Wildman–Crippen LogP) is 1.65. The van der Waals surface area contributed by atoms with E-state index in [2.05, 4.69) is 10.6 Å². The van der Waals surface area contributed by atoms with Gasteiger partial charge in [-0.15, -0.1) is 0 Å². The van der Waals surface area contributed by atoms with Gasteiger partial charge in [0, 0.05) is 30.9 Å². The highest BCUT2D eigenvalue weighted by atomic mass is 19.1. The van der Waals surface area contributed by atoms with Crippen molar-refractivity contribution in [2.45, 2.75) is 32.4 Å². The van der Waals surface area contributed by atoms with E-state index in [1.165, 1.54) is 6.07 Å². The number of hydrogen-bond donors (Lipinski definition) is 2. The number of nitrogens with zero attached hydrogens (tertiary/aromatic N) is 1. The van der Waals surface area contributed by atoms with Gasteiger partial charge in [0.05, 0.1) is 6.54 Å². The summed E-state index contributed by atoms with van der Waals surface area (Å²) in [5.41, 5.74) is 1.37. The molecular formula is C15H22FN3O.